The average Bonchev–Trinajstić information content (AvgIpc) is 2.80. The molecule has 0 amide bonds. The number of hydrogen-bond donors (Lipinski definition) is 2. The van der Waals surface area contributed by atoms with Gasteiger partial charge in [-0.15, -0.1) is 0 Å². The molecule has 1 aliphatic heterocycles. The van der Waals surface area contributed by atoms with Gasteiger partial charge in [-0.25, -0.2) is 0 Å². The molecule has 4 rings (SSSR count). The van der Waals surface area contributed by atoms with Crippen molar-refractivity contribution in [1.82, 2.24) is 10.2 Å². The third-order valence-electron chi connectivity index (χ3n) is 5.48. The van der Waals surface area contributed by atoms with Gasteiger partial charge in [-0.1, -0.05) is 35.9 Å². The van der Waals surface area contributed by atoms with Gasteiger partial charge < -0.3 is 19.7 Å². The maximum Gasteiger partial charge on any atom is 0.119 e. The average molecular weight is 441 g/mol. The maximum atomic E-state index is 10.1. The molecular formula is C24H25ClN2O4. The summed E-state index contributed by atoms with van der Waals surface area (Å²) in [5, 5.41) is 28.9. The van der Waals surface area contributed by atoms with Crippen molar-refractivity contribution < 1.29 is 19.7 Å². The summed E-state index contributed by atoms with van der Waals surface area (Å²) in [5.74, 6) is 0.769. The molecule has 2 N–H and O–H groups in total. The molecule has 1 fully saturated rings. The van der Waals surface area contributed by atoms with Crippen LogP contribution in [0, 0.1) is 0 Å². The molecular weight excluding hydrogens is 416 g/mol. The summed E-state index contributed by atoms with van der Waals surface area (Å²) in [6, 6.07) is 17.3. The maximum absolute atomic E-state index is 10.1. The van der Waals surface area contributed by atoms with Gasteiger partial charge in [-0.05, 0) is 41.5 Å². The van der Waals surface area contributed by atoms with Crippen molar-refractivity contribution in [2.24, 2.45) is 0 Å². The minimum Gasteiger partial charge on any atom is -0.497 e. The molecule has 0 radical (unpaired) electrons. The molecule has 31 heavy (non-hydrogen) atoms. The van der Waals surface area contributed by atoms with Crippen molar-refractivity contribution in [3.05, 3.63) is 76.4 Å². The van der Waals surface area contributed by atoms with Crippen LogP contribution in [-0.2, 0) is 11.2 Å². The Kier molecular flexibility index (Phi) is 6.83. The van der Waals surface area contributed by atoms with E-state index in [1.54, 1.807) is 7.11 Å². The van der Waals surface area contributed by atoms with E-state index in [1.807, 2.05) is 54.6 Å². The van der Waals surface area contributed by atoms with Crippen LogP contribution >= 0.6 is 11.6 Å². The predicted molar refractivity (Wildman–Crippen MR) is 118 cm³/mol. The third-order valence-corrected chi connectivity index (χ3v) is 5.85. The van der Waals surface area contributed by atoms with E-state index in [0.29, 0.717) is 24.3 Å². The number of halogens is 1. The second kappa shape index (κ2) is 9.75. The minimum absolute atomic E-state index is 0.108. The van der Waals surface area contributed by atoms with Gasteiger partial charge in [0, 0.05) is 29.8 Å². The number of aromatic nitrogens is 2. The normalized spacial score (nSPS) is 21.1. The van der Waals surface area contributed by atoms with Crippen molar-refractivity contribution >= 4 is 11.6 Å². The second-order valence-corrected chi connectivity index (χ2v) is 8.13. The summed E-state index contributed by atoms with van der Waals surface area (Å²) in [5.41, 5.74) is 4.33. The van der Waals surface area contributed by atoms with Gasteiger partial charge in [0.2, 0.25) is 0 Å². The molecule has 1 saturated heterocycles. The lowest BCUT2D eigenvalue weighted by atomic mass is 9.94. The highest BCUT2D eigenvalue weighted by Gasteiger charge is 2.29. The molecule has 0 bridgehead atoms. The summed E-state index contributed by atoms with van der Waals surface area (Å²) in [6.07, 6.45) is 0.331. The fraction of sp³-hybridized carbons (Fsp3) is 0.333. The smallest absolute Gasteiger partial charge is 0.119 e. The highest BCUT2D eigenvalue weighted by Crippen LogP contribution is 2.33. The second-order valence-electron chi connectivity index (χ2n) is 7.72. The Morgan fingerprint density at radius 1 is 1.10 bits per heavy atom. The van der Waals surface area contributed by atoms with E-state index in [1.165, 1.54) is 0 Å². The summed E-state index contributed by atoms with van der Waals surface area (Å²) in [6.45, 7) is -0.108. The van der Waals surface area contributed by atoms with Crippen LogP contribution in [-0.4, -0.2) is 46.3 Å². The van der Waals surface area contributed by atoms with E-state index in [-0.39, 0.29) is 18.8 Å². The fourth-order valence-corrected chi connectivity index (χ4v) is 4.02. The van der Waals surface area contributed by atoms with Crippen molar-refractivity contribution in [2.75, 3.05) is 13.7 Å². The Morgan fingerprint density at radius 3 is 2.71 bits per heavy atom. The summed E-state index contributed by atoms with van der Waals surface area (Å²) in [4.78, 5) is 0. The number of rotatable bonds is 6. The molecule has 3 atom stereocenters. The first-order chi connectivity index (χ1) is 15.1. The number of aliphatic hydroxyl groups is 2. The Morgan fingerprint density at radius 2 is 1.97 bits per heavy atom. The highest BCUT2D eigenvalue weighted by atomic mass is 35.5. The number of benzene rings is 2. The molecule has 2 aromatic carbocycles. The zero-order valence-electron chi connectivity index (χ0n) is 17.2. The molecule has 0 spiro atoms. The first-order valence-corrected chi connectivity index (χ1v) is 10.6. The fourth-order valence-electron chi connectivity index (χ4n) is 3.84. The van der Waals surface area contributed by atoms with Crippen molar-refractivity contribution in [2.45, 2.75) is 37.6 Å². The molecule has 3 unspecified atom stereocenters. The van der Waals surface area contributed by atoms with Crippen LogP contribution in [0.25, 0.3) is 11.3 Å². The molecule has 0 aliphatic carbocycles. The molecule has 162 valence electrons. The van der Waals surface area contributed by atoms with E-state index >= 15 is 0 Å². The molecule has 0 saturated carbocycles. The predicted octanol–water partition coefficient (Wildman–Crippen LogP) is 3.97. The molecule has 3 aromatic rings. The lowest BCUT2D eigenvalue weighted by molar-refractivity contribution is -0.113. The van der Waals surface area contributed by atoms with E-state index in [9.17, 15) is 10.2 Å². The van der Waals surface area contributed by atoms with Crippen LogP contribution in [0.15, 0.2) is 54.6 Å². The summed E-state index contributed by atoms with van der Waals surface area (Å²) in [7, 11) is 1.63. The first-order valence-electron chi connectivity index (χ1n) is 10.3. The van der Waals surface area contributed by atoms with Gasteiger partial charge in [0.15, 0.2) is 0 Å². The van der Waals surface area contributed by atoms with E-state index < -0.39 is 6.10 Å². The van der Waals surface area contributed by atoms with E-state index in [4.69, 9.17) is 21.1 Å². The van der Waals surface area contributed by atoms with E-state index in [2.05, 4.69) is 10.2 Å². The van der Waals surface area contributed by atoms with Crippen molar-refractivity contribution in [3.8, 4) is 17.0 Å². The van der Waals surface area contributed by atoms with Crippen LogP contribution < -0.4 is 4.74 Å². The van der Waals surface area contributed by atoms with Gasteiger partial charge in [0.05, 0.1) is 43.4 Å². The lowest BCUT2D eigenvalue weighted by Crippen LogP contribution is -2.33. The first kappa shape index (κ1) is 21.7. The number of methoxy groups -OCH3 is 1. The molecule has 1 aliphatic rings. The van der Waals surface area contributed by atoms with Crippen LogP contribution in [0.2, 0.25) is 5.02 Å². The van der Waals surface area contributed by atoms with Gasteiger partial charge >= 0.3 is 0 Å². The van der Waals surface area contributed by atoms with Crippen molar-refractivity contribution in [1.29, 1.82) is 0 Å². The van der Waals surface area contributed by atoms with Gasteiger partial charge in [0.25, 0.3) is 0 Å². The quantitative estimate of drug-likeness (QED) is 0.603. The van der Waals surface area contributed by atoms with Crippen LogP contribution in [0.5, 0.6) is 5.75 Å². The Hall–Kier alpha value is -2.51. The number of aliphatic hydroxyl groups excluding tert-OH is 2. The lowest BCUT2D eigenvalue weighted by Gasteiger charge is -2.32. The number of nitrogens with zero attached hydrogens (tertiary/aromatic N) is 2. The zero-order valence-corrected chi connectivity index (χ0v) is 18.0. The third kappa shape index (κ3) is 5.22. The van der Waals surface area contributed by atoms with Crippen molar-refractivity contribution in [3.63, 3.8) is 0 Å². The minimum atomic E-state index is -0.495. The van der Waals surface area contributed by atoms with E-state index in [0.717, 1.165) is 33.8 Å². The standard InChI is InChI=1S/C24H25ClN2O4/c1-30-20-4-2-3-15(11-20)23-8-6-18(26-27-23)10-17-9-16(5-7-22(17)25)24-13-19(29)12-21(14-28)31-24/h2-9,11,19,21,24,28-29H,10,12-14H2,1H3. The van der Waals surface area contributed by atoms with Crippen LogP contribution in [0.4, 0.5) is 0 Å². The van der Waals surface area contributed by atoms with Crippen LogP contribution in [0.1, 0.15) is 35.8 Å². The number of ether oxygens (including phenoxy) is 2. The Labute approximate surface area is 186 Å². The molecule has 7 heteroatoms. The summed E-state index contributed by atoms with van der Waals surface area (Å²) >= 11 is 6.44. The number of hydrogen-bond acceptors (Lipinski definition) is 6. The highest BCUT2D eigenvalue weighted by molar-refractivity contribution is 6.31. The van der Waals surface area contributed by atoms with Crippen LogP contribution in [0.3, 0.4) is 0 Å². The summed E-state index contributed by atoms with van der Waals surface area (Å²) < 4.78 is 11.2. The molecule has 1 aromatic heterocycles. The Balaban J connectivity index is 1.52. The topological polar surface area (TPSA) is 84.7 Å². The molecule has 2 heterocycles. The molecule has 6 nitrogen and oxygen atoms in total. The Bertz CT molecular complexity index is 1030. The van der Waals surface area contributed by atoms with Gasteiger partial charge in [-0.3, -0.25) is 0 Å². The van der Waals surface area contributed by atoms with Gasteiger partial charge in [0.1, 0.15) is 5.75 Å². The zero-order chi connectivity index (χ0) is 21.8. The monoisotopic (exact) mass is 440 g/mol. The van der Waals surface area contributed by atoms with Gasteiger partial charge in [-0.2, -0.15) is 10.2 Å². The largest absolute Gasteiger partial charge is 0.497 e. The SMILES string of the molecule is COc1cccc(-c2ccc(Cc3cc(C4CC(O)CC(CO)O4)ccc3Cl)nn2)c1.